The molecule has 4 rings (SSSR count). The first kappa shape index (κ1) is 23.1. The van der Waals surface area contributed by atoms with Gasteiger partial charge in [-0.25, -0.2) is 17.6 Å². The fourth-order valence-corrected chi connectivity index (χ4v) is 4.41. The third kappa shape index (κ3) is 4.94. The number of para-hydroxylation sites is 2. The van der Waals surface area contributed by atoms with Crippen molar-refractivity contribution in [2.45, 2.75) is 4.90 Å². The van der Waals surface area contributed by atoms with Gasteiger partial charge in [0.1, 0.15) is 6.61 Å². The molecule has 0 aliphatic rings. The van der Waals surface area contributed by atoms with Crippen molar-refractivity contribution in [1.29, 1.82) is 0 Å². The molecule has 0 saturated carbocycles. The number of anilines is 1. The summed E-state index contributed by atoms with van der Waals surface area (Å²) >= 11 is 0. The smallest absolute Gasteiger partial charge is 0.323 e. The molecular weight excluding hydrogens is 463 g/mol. The van der Waals surface area contributed by atoms with E-state index in [0.717, 1.165) is 0 Å². The number of aromatic amines is 2. The van der Waals surface area contributed by atoms with E-state index < -0.39 is 27.4 Å². The SMILES string of the molecule is CN(CCOc1ccccc1F)C(=O)c1ccccc1NS(=O)(=O)c1ccc2[nH]c(=O)[nH]c2c1. The van der Waals surface area contributed by atoms with Gasteiger partial charge < -0.3 is 19.6 Å². The van der Waals surface area contributed by atoms with Crippen molar-refractivity contribution in [2.75, 3.05) is 24.9 Å². The Morgan fingerprint density at radius 2 is 1.74 bits per heavy atom. The fourth-order valence-electron chi connectivity index (χ4n) is 3.30. The molecule has 11 heteroatoms. The molecule has 1 heterocycles. The molecule has 0 spiro atoms. The van der Waals surface area contributed by atoms with Crippen molar-refractivity contribution in [1.82, 2.24) is 14.9 Å². The molecular formula is C23H21FN4O5S. The molecule has 0 atom stereocenters. The second-order valence-electron chi connectivity index (χ2n) is 7.44. The number of ether oxygens (including phenoxy) is 1. The minimum atomic E-state index is -4.06. The molecule has 1 amide bonds. The van der Waals surface area contributed by atoms with Gasteiger partial charge in [0.25, 0.3) is 15.9 Å². The number of H-pyrrole nitrogens is 2. The van der Waals surface area contributed by atoms with Crippen LogP contribution in [0.25, 0.3) is 11.0 Å². The number of nitrogens with zero attached hydrogens (tertiary/aromatic N) is 1. The summed E-state index contributed by atoms with van der Waals surface area (Å²) in [6.07, 6.45) is 0. The Kier molecular flexibility index (Phi) is 6.37. The molecule has 0 unspecified atom stereocenters. The molecule has 0 fully saturated rings. The number of nitrogens with one attached hydrogen (secondary N) is 3. The van der Waals surface area contributed by atoms with Crippen LogP contribution in [0.3, 0.4) is 0 Å². The molecule has 0 bridgehead atoms. The lowest BCUT2D eigenvalue weighted by Crippen LogP contribution is -2.31. The normalized spacial score (nSPS) is 11.4. The Morgan fingerprint density at radius 1 is 1.03 bits per heavy atom. The van der Waals surface area contributed by atoms with Gasteiger partial charge in [-0.3, -0.25) is 9.52 Å². The van der Waals surface area contributed by atoms with E-state index in [9.17, 15) is 22.4 Å². The molecule has 0 saturated heterocycles. The first-order valence-corrected chi connectivity index (χ1v) is 11.7. The van der Waals surface area contributed by atoms with E-state index >= 15 is 0 Å². The van der Waals surface area contributed by atoms with Gasteiger partial charge in [0.2, 0.25) is 0 Å². The molecule has 0 aliphatic heterocycles. The Balaban J connectivity index is 1.49. The van der Waals surface area contributed by atoms with Gasteiger partial charge in [0, 0.05) is 7.05 Å². The van der Waals surface area contributed by atoms with Crippen LogP contribution < -0.4 is 15.1 Å². The van der Waals surface area contributed by atoms with Crippen LogP contribution in [-0.2, 0) is 10.0 Å². The predicted octanol–water partition coefficient (Wildman–Crippen LogP) is 2.95. The van der Waals surface area contributed by atoms with Crippen LogP contribution in [0.5, 0.6) is 5.75 Å². The van der Waals surface area contributed by atoms with Crippen LogP contribution >= 0.6 is 0 Å². The zero-order valence-electron chi connectivity index (χ0n) is 18.0. The monoisotopic (exact) mass is 484 g/mol. The number of likely N-dealkylation sites (N-methyl/N-ethyl adjacent to an activating group) is 1. The Hall–Kier alpha value is -4.12. The number of hydrogen-bond acceptors (Lipinski definition) is 5. The maximum Gasteiger partial charge on any atom is 0.323 e. The van der Waals surface area contributed by atoms with Crippen molar-refractivity contribution in [3.8, 4) is 5.75 Å². The van der Waals surface area contributed by atoms with Crippen LogP contribution in [0.1, 0.15) is 10.4 Å². The zero-order valence-corrected chi connectivity index (χ0v) is 18.9. The van der Waals surface area contributed by atoms with E-state index in [1.165, 1.54) is 54.4 Å². The summed E-state index contributed by atoms with van der Waals surface area (Å²) in [5.41, 5.74) is 0.591. The van der Waals surface area contributed by atoms with E-state index in [0.29, 0.717) is 11.0 Å². The van der Waals surface area contributed by atoms with Crippen LogP contribution in [-0.4, -0.2) is 49.4 Å². The topological polar surface area (TPSA) is 124 Å². The van der Waals surface area contributed by atoms with E-state index in [1.54, 1.807) is 24.3 Å². The van der Waals surface area contributed by atoms with Gasteiger partial charge >= 0.3 is 5.69 Å². The quantitative estimate of drug-likeness (QED) is 0.355. The average molecular weight is 485 g/mol. The third-order valence-corrected chi connectivity index (χ3v) is 6.43. The Bertz CT molecular complexity index is 1510. The maximum absolute atomic E-state index is 13.7. The minimum Gasteiger partial charge on any atom is -0.489 e. The summed E-state index contributed by atoms with van der Waals surface area (Å²) in [5, 5.41) is 0. The molecule has 176 valence electrons. The van der Waals surface area contributed by atoms with E-state index in [2.05, 4.69) is 14.7 Å². The van der Waals surface area contributed by atoms with Gasteiger partial charge in [-0.2, -0.15) is 0 Å². The predicted molar refractivity (Wildman–Crippen MR) is 125 cm³/mol. The lowest BCUT2D eigenvalue weighted by molar-refractivity contribution is 0.0774. The molecule has 34 heavy (non-hydrogen) atoms. The summed E-state index contributed by atoms with van der Waals surface area (Å²) in [6, 6.07) is 16.3. The molecule has 3 N–H and O–H groups in total. The van der Waals surface area contributed by atoms with Gasteiger partial charge in [-0.05, 0) is 42.5 Å². The fraction of sp³-hybridized carbons (Fsp3) is 0.130. The highest BCUT2D eigenvalue weighted by molar-refractivity contribution is 7.92. The summed E-state index contributed by atoms with van der Waals surface area (Å²) in [7, 11) is -2.52. The summed E-state index contributed by atoms with van der Waals surface area (Å²) in [6.45, 7) is 0.192. The van der Waals surface area contributed by atoms with E-state index in [1.807, 2.05) is 0 Å². The number of carbonyl (C=O) groups excluding carboxylic acids is 1. The minimum absolute atomic E-state index is 0.0476. The van der Waals surface area contributed by atoms with Crippen LogP contribution in [0.2, 0.25) is 0 Å². The molecule has 4 aromatic rings. The number of carbonyl (C=O) groups is 1. The van der Waals surface area contributed by atoms with Crippen molar-refractivity contribution in [2.24, 2.45) is 0 Å². The second kappa shape index (κ2) is 9.40. The third-order valence-electron chi connectivity index (χ3n) is 5.07. The number of rotatable bonds is 8. The lowest BCUT2D eigenvalue weighted by atomic mass is 10.1. The van der Waals surface area contributed by atoms with Crippen molar-refractivity contribution >= 4 is 32.7 Å². The molecule has 3 aromatic carbocycles. The largest absolute Gasteiger partial charge is 0.489 e. The number of aromatic nitrogens is 2. The van der Waals surface area contributed by atoms with Gasteiger partial charge in [0.05, 0.1) is 33.7 Å². The molecule has 1 aromatic heterocycles. The highest BCUT2D eigenvalue weighted by atomic mass is 32.2. The maximum atomic E-state index is 13.7. The molecule has 9 nitrogen and oxygen atoms in total. The van der Waals surface area contributed by atoms with Crippen molar-refractivity contribution < 1.29 is 22.3 Å². The van der Waals surface area contributed by atoms with E-state index in [-0.39, 0.29) is 35.0 Å². The van der Waals surface area contributed by atoms with Gasteiger partial charge in [-0.15, -0.1) is 0 Å². The van der Waals surface area contributed by atoms with E-state index in [4.69, 9.17) is 4.74 Å². The summed E-state index contributed by atoms with van der Waals surface area (Å²) in [5.74, 6) is -0.865. The Labute approximate surface area is 194 Å². The zero-order chi connectivity index (χ0) is 24.3. The summed E-state index contributed by atoms with van der Waals surface area (Å²) < 4.78 is 47.4. The van der Waals surface area contributed by atoms with Gasteiger partial charge in [0.15, 0.2) is 11.6 Å². The standard InChI is InChI=1S/C23H21FN4O5S/c1-28(12-13-33-21-9-5-3-7-17(21)24)22(29)16-6-2-4-8-18(16)27-34(31,32)15-10-11-19-20(14-15)26-23(30)25-19/h2-11,14,27H,12-13H2,1H3,(H2,25,26,30). The number of hydrogen-bond donors (Lipinski definition) is 3. The number of halogens is 1. The van der Waals surface area contributed by atoms with Crippen molar-refractivity contribution in [3.05, 3.63) is 88.6 Å². The highest BCUT2D eigenvalue weighted by Gasteiger charge is 2.21. The lowest BCUT2D eigenvalue weighted by Gasteiger charge is -2.20. The molecule has 0 radical (unpaired) electrons. The molecule has 0 aliphatic carbocycles. The van der Waals surface area contributed by atoms with Crippen LogP contribution in [0.15, 0.2) is 76.4 Å². The number of amides is 1. The first-order chi connectivity index (χ1) is 16.2. The van der Waals surface area contributed by atoms with Gasteiger partial charge in [-0.1, -0.05) is 24.3 Å². The number of benzene rings is 3. The summed E-state index contributed by atoms with van der Waals surface area (Å²) in [4.78, 5) is 30.8. The number of fused-ring (bicyclic) bond motifs is 1. The van der Waals surface area contributed by atoms with Crippen molar-refractivity contribution in [3.63, 3.8) is 0 Å². The number of imidazole rings is 1. The second-order valence-corrected chi connectivity index (χ2v) is 9.13. The highest BCUT2D eigenvalue weighted by Crippen LogP contribution is 2.23. The van der Waals surface area contributed by atoms with Crippen LogP contribution in [0.4, 0.5) is 10.1 Å². The average Bonchev–Trinajstić information content (AvgIpc) is 3.19. The first-order valence-electron chi connectivity index (χ1n) is 10.2. The van der Waals surface area contributed by atoms with Crippen LogP contribution in [0, 0.1) is 5.82 Å². The Morgan fingerprint density at radius 3 is 2.53 bits per heavy atom. The number of sulfonamides is 1.